The van der Waals surface area contributed by atoms with Crippen molar-refractivity contribution >= 4 is 45.8 Å². The lowest BCUT2D eigenvalue weighted by molar-refractivity contribution is -0.136. The molecule has 10 heteroatoms. The van der Waals surface area contributed by atoms with Crippen LogP contribution in [0.2, 0.25) is 10.0 Å². The lowest BCUT2D eigenvalue weighted by Gasteiger charge is -2.33. The van der Waals surface area contributed by atoms with Gasteiger partial charge in [0.1, 0.15) is 12.1 Å². The van der Waals surface area contributed by atoms with Crippen LogP contribution in [0.3, 0.4) is 0 Å². The number of amides is 1. The van der Waals surface area contributed by atoms with Crippen molar-refractivity contribution in [3.8, 4) is 0 Å². The maximum atomic E-state index is 13.3. The summed E-state index contributed by atoms with van der Waals surface area (Å²) in [6, 6.07) is 8.73. The van der Waals surface area contributed by atoms with E-state index in [9.17, 15) is 18.0 Å². The molecule has 1 aliphatic rings. The fourth-order valence-corrected chi connectivity index (χ4v) is 4.12. The van der Waals surface area contributed by atoms with E-state index in [0.717, 1.165) is 12.4 Å². The van der Waals surface area contributed by atoms with Crippen LogP contribution in [0.5, 0.6) is 0 Å². The van der Waals surface area contributed by atoms with E-state index in [0.29, 0.717) is 47.7 Å². The second kappa shape index (κ2) is 8.51. The number of alkyl halides is 3. The molecule has 0 atom stereocenters. The molecule has 0 radical (unpaired) electrons. The average molecular weight is 469 g/mol. The summed E-state index contributed by atoms with van der Waals surface area (Å²) in [6.07, 6.45) is -2.13. The number of carbonyl (C=O) groups is 1. The van der Waals surface area contributed by atoms with Crippen LogP contribution in [0.15, 0.2) is 42.7 Å². The molecular weight excluding hydrogens is 452 g/mol. The summed E-state index contributed by atoms with van der Waals surface area (Å²) in [7, 11) is 0. The van der Waals surface area contributed by atoms with Gasteiger partial charge in [-0.3, -0.25) is 4.79 Å². The van der Waals surface area contributed by atoms with Crippen LogP contribution in [-0.2, 0) is 6.18 Å². The Morgan fingerprint density at radius 2 is 1.77 bits per heavy atom. The van der Waals surface area contributed by atoms with Crippen LogP contribution in [0.25, 0.3) is 10.9 Å². The summed E-state index contributed by atoms with van der Waals surface area (Å²) in [5.74, 6) is 0.145. The molecule has 31 heavy (non-hydrogen) atoms. The molecule has 1 fully saturated rings. The third-order valence-corrected chi connectivity index (χ3v) is 6.09. The van der Waals surface area contributed by atoms with Crippen LogP contribution in [0.4, 0.5) is 19.0 Å². The van der Waals surface area contributed by atoms with Crippen LogP contribution in [-0.4, -0.2) is 35.0 Å². The Morgan fingerprint density at radius 3 is 2.48 bits per heavy atom. The van der Waals surface area contributed by atoms with Crippen molar-refractivity contribution in [1.82, 2.24) is 15.3 Å². The van der Waals surface area contributed by atoms with E-state index in [-0.39, 0.29) is 22.5 Å². The van der Waals surface area contributed by atoms with Crippen LogP contribution < -0.4 is 10.2 Å². The topological polar surface area (TPSA) is 58.1 Å². The first-order chi connectivity index (χ1) is 14.8. The monoisotopic (exact) mass is 468 g/mol. The van der Waals surface area contributed by atoms with Gasteiger partial charge >= 0.3 is 6.18 Å². The molecule has 5 nitrogen and oxygen atoms in total. The lowest BCUT2D eigenvalue weighted by atomic mass is 10.0. The predicted octanol–water partition coefficient (Wildman–Crippen LogP) is 5.35. The number of halogens is 5. The Bertz CT molecular complexity index is 1130. The molecule has 2 heterocycles. The number of fused-ring (bicyclic) bond motifs is 1. The Hall–Kier alpha value is -2.58. The van der Waals surface area contributed by atoms with Crippen molar-refractivity contribution in [3.05, 3.63) is 63.9 Å². The van der Waals surface area contributed by atoms with Gasteiger partial charge < -0.3 is 10.2 Å². The molecule has 3 aromatic rings. The molecule has 1 N–H and O–H groups in total. The molecule has 0 spiro atoms. The van der Waals surface area contributed by atoms with Crippen LogP contribution >= 0.6 is 23.2 Å². The molecular formula is C21H17Cl2F3N4O. The molecule has 2 aromatic carbocycles. The Kier molecular flexibility index (Phi) is 5.94. The van der Waals surface area contributed by atoms with Crippen molar-refractivity contribution < 1.29 is 18.0 Å². The van der Waals surface area contributed by atoms with Gasteiger partial charge in [-0.25, -0.2) is 9.97 Å². The minimum absolute atomic E-state index is 0.0994. The summed E-state index contributed by atoms with van der Waals surface area (Å²) in [5.41, 5.74) is -0.599. The first-order valence-electron chi connectivity index (χ1n) is 9.56. The van der Waals surface area contributed by atoms with Crippen LogP contribution in [0.1, 0.15) is 28.8 Å². The Labute approximate surface area is 186 Å². The normalized spacial score (nSPS) is 15.3. The van der Waals surface area contributed by atoms with Crippen molar-refractivity contribution in [2.75, 3.05) is 18.0 Å². The molecule has 1 aromatic heterocycles. The molecule has 162 valence electrons. The number of nitrogens with zero attached hydrogens (tertiary/aromatic N) is 3. The molecule has 1 amide bonds. The van der Waals surface area contributed by atoms with Crippen molar-refractivity contribution in [2.45, 2.75) is 25.1 Å². The van der Waals surface area contributed by atoms with E-state index < -0.39 is 11.7 Å². The molecule has 4 rings (SSSR count). The van der Waals surface area contributed by atoms with E-state index >= 15 is 0 Å². The first-order valence-corrected chi connectivity index (χ1v) is 10.3. The van der Waals surface area contributed by atoms with Gasteiger partial charge in [-0.1, -0.05) is 35.3 Å². The van der Waals surface area contributed by atoms with Gasteiger partial charge in [-0.05, 0) is 37.1 Å². The summed E-state index contributed by atoms with van der Waals surface area (Å²) < 4.78 is 40.0. The molecule has 0 aliphatic carbocycles. The quantitative estimate of drug-likeness (QED) is 0.562. The summed E-state index contributed by atoms with van der Waals surface area (Å²) in [5, 5.41) is 3.81. The zero-order valence-corrected chi connectivity index (χ0v) is 17.6. The number of hydrogen-bond donors (Lipinski definition) is 1. The highest BCUT2D eigenvalue weighted by Gasteiger charge is 2.34. The molecule has 1 aliphatic heterocycles. The highest BCUT2D eigenvalue weighted by Crippen LogP contribution is 2.36. The third kappa shape index (κ3) is 4.41. The number of anilines is 1. The second-order valence-electron chi connectivity index (χ2n) is 7.23. The summed E-state index contributed by atoms with van der Waals surface area (Å²) >= 11 is 12.1. The number of piperidine rings is 1. The Balaban J connectivity index is 1.49. The highest BCUT2D eigenvalue weighted by molar-refractivity contribution is 6.43. The fourth-order valence-electron chi connectivity index (χ4n) is 3.73. The average Bonchev–Trinajstić information content (AvgIpc) is 2.74. The number of carbonyl (C=O) groups excluding carboxylic acids is 1. The SMILES string of the molecule is O=C(NC1CCN(c2ncnc3c(C(F)(F)F)cccc23)CC1)c1cccc(Cl)c1Cl. The number of benzene rings is 2. The number of nitrogens with one attached hydrogen (secondary N) is 1. The predicted molar refractivity (Wildman–Crippen MR) is 114 cm³/mol. The second-order valence-corrected chi connectivity index (χ2v) is 8.02. The molecule has 0 bridgehead atoms. The van der Waals surface area contributed by atoms with E-state index in [1.54, 1.807) is 24.3 Å². The van der Waals surface area contributed by atoms with E-state index in [4.69, 9.17) is 23.2 Å². The van der Waals surface area contributed by atoms with Gasteiger partial charge in [0.2, 0.25) is 0 Å². The number of rotatable bonds is 3. The largest absolute Gasteiger partial charge is 0.418 e. The van der Waals surface area contributed by atoms with E-state index in [1.165, 1.54) is 6.07 Å². The molecule has 1 saturated heterocycles. The maximum Gasteiger partial charge on any atom is 0.418 e. The molecule has 0 saturated carbocycles. The van der Waals surface area contributed by atoms with Gasteiger partial charge in [-0.15, -0.1) is 0 Å². The summed E-state index contributed by atoms with van der Waals surface area (Å²) in [4.78, 5) is 22.6. The Morgan fingerprint density at radius 1 is 1.06 bits per heavy atom. The smallest absolute Gasteiger partial charge is 0.356 e. The third-order valence-electron chi connectivity index (χ3n) is 5.28. The standard InChI is InChI=1S/C21H17Cl2F3N4O/c22-16-6-2-3-13(17(16)23)20(31)29-12-7-9-30(10-8-12)19-14-4-1-5-15(21(24,25)26)18(14)27-11-28-19/h1-6,11-12H,7-10H2,(H,29,31). The highest BCUT2D eigenvalue weighted by atomic mass is 35.5. The van der Waals surface area contributed by atoms with Gasteiger partial charge in [-0.2, -0.15) is 13.2 Å². The van der Waals surface area contributed by atoms with Crippen LogP contribution in [0, 0.1) is 0 Å². The van der Waals surface area contributed by atoms with Crippen molar-refractivity contribution in [3.63, 3.8) is 0 Å². The van der Waals surface area contributed by atoms with E-state index in [1.807, 2.05) is 4.90 Å². The summed E-state index contributed by atoms with van der Waals surface area (Å²) in [6.45, 7) is 1.05. The van der Waals surface area contributed by atoms with Crippen molar-refractivity contribution in [2.24, 2.45) is 0 Å². The van der Waals surface area contributed by atoms with Gasteiger partial charge in [0.25, 0.3) is 5.91 Å². The fraction of sp³-hybridized carbons (Fsp3) is 0.286. The number of para-hydroxylation sites is 1. The van der Waals surface area contributed by atoms with Crippen molar-refractivity contribution in [1.29, 1.82) is 0 Å². The molecule has 0 unspecified atom stereocenters. The van der Waals surface area contributed by atoms with Gasteiger partial charge in [0, 0.05) is 24.5 Å². The minimum atomic E-state index is -4.50. The van der Waals surface area contributed by atoms with Gasteiger partial charge in [0.05, 0.1) is 26.7 Å². The lowest BCUT2D eigenvalue weighted by Crippen LogP contribution is -2.45. The zero-order chi connectivity index (χ0) is 22.2. The minimum Gasteiger partial charge on any atom is -0.356 e. The maximum absolute atomic E-state index is 13.3. The first kappa shape index (κ1) is 21.6. The zero-order valence-electron chi connectivity index (χ0n) is 16.1. The van der Waals surface area contributed by atoms with Gasteiger partial charge in [0.15, 0.2) is 0 Å². The number of aromatic nitrogens is 2. The van der Waals surface area contributed by atoms with E-state index in [2.05, 4.69) is 15.3 Å². The number of hydrogen-bond acceptors (Lipinski definition) is 4.